The number of aliphatic carboxylic acids is 1. The van der Waals surface area contributed by atoms with Gasteiger partial charge in [0, 0.05) is 18.3 Å². The van der Waals surface area contributed by atoms with Crippen molar-refractivity contribution >= 4 is 5.97 Å². The molecule has 1 aliphatic carbocycles. The van der Waals surface area contributed by atoms with Gasteiger partial charge in [-0.25, -0.2) is 0 Å². The minimum atomic E-state index is -1.12. The fourth-order valence-electron chi connectivity index (χ4n) is 2.58. The fraction of sp³-hybridized carbons (Fsp3) is 0.571. The quantitative estimate of drug-likeness (QED) is 0.334. The third-order valence-corrected chi connectivity index (χ3v) is 3.95. The first-order valence-corrected chi connectivity index (χ1v) is 8.96. The number of hydrogen-bond donors (Lipinski definition) is 2. The van der Waals surface area contributed by atoms with E-state index in [1.54, 1.807) is 24.3 Å². The Hall–Kier alpha value is -1.01. The van der Waals surface area contributed by atoms with Gasteiger partial charge >= 0.3 is 29.6 Å². The van der Waals surface area contributed by atoms with Gasteiger partial charge in [-0.05, 0) is 38.2 Å². The van der Waals surface area contributed by atoms with Crippen molar-refractivity contribution in [2.24, 2.45) is 5.92 Å². The van der Waals surface area contributed by atoms with Gasteiger partial charge in [0.25, 0.3) is 0 Å². The number of aliphatic hydroxyl groups is 2. The number of carbonyl (C=O) groups excluding carboxylic acids is 1. The summed E-state index contributed by atoms with van der Waals surface area (Å²) in [4.78, 5) is 10.2. The van der Waals surface area contributed by atoms with Crippen molar-refractivity contribution in [1.82, 2.24) is 0 Å². The van der Waals surface area contributed by atoms with E-state index in [2.05, 4.69) is 23.7 Å². The smallest absolute Gasteiger partial charge is 0.550 e. The van der Waals surface area contributed by atoms with Gasteiger partial charge in [0.1, 0.15) is 6.10 Å². The van der Waals surface area contributed by atoms with E-state index in [4.69, 9.17) is 0 Å². The Morgan fingerprint density at radius 2 is 1.92 bits per heavy atom. The fourth-order valence-corrected chi connectivity index (χ4v) is 2.58. The van der Waals surface area contributed by atoms with Gasteiger partial charge < -0.3 is 20.1 Å². The van der Waals surface area contributed by atoms with Crippen molar-refractivity contribution in [3.63, 3.8) is 0 Å². The summed E-state index contributed by atoms with van der Waals surface area (Å²) in [6, 6.07) is 0. The van der Waals surface area contributed by atoms with E-state index >= 15 is 0 Å². The molecule has 0 aromatic rings. The van der Waals surface area contributed by atoms with E-state index in [1.807, 2.05) is 0 Å². The van der Waals surface area contributed by atoms with Crippen LogP contribution in [0, 0.1) is 29.6 Å². The number of carboxylic acid groups (broad SMARTS) is 1. The van der Waals surface area contributed by atoms with Gasteiger partial charge in [-0.1, -0.05) is 61.2 Å². The molecule has 1 fully saturated rings. The maximum absolute atomic E-state index is 10.2. The summed E-state index contributed by atoms with van der Waals surface area (Å²) < 4.78 is 0. The Morgan fingerprint density at radius 1 is 1.19 bits per heavy atom. The predicted octanol–water partition coefficient (Wildman–Crippen LogP) is -1.28. The van der Waals surface area contributed by atoms with E-state index in [-0.39, 0.29) is 36.0 Å². The molecule has 0 heterocycles. The number of rotatable bonds is 7. The molecule has 0 saturated heterocycles. The van der Waals surface area contributed by atoms with Crippen LogP contribution in [0.4, 0.5) is 0 Å². The Kier molecular flexibility index (Phi) is 15.6. The average Bonchev–Trinajstić information content (AvgIpc) is 2.58. The molecule has 0 spiro atoms. The third kappa shape index (κ3) is 14.2. The van der Waals surface area contributed by atoms with Gasteiger partial charge in [0.2, 0.25) is 0 Å². The van der Waals surface area contributed by atoms with Crippen molar-refractivity contribution in [1.29, 1.82) is 0 Å². The third-order valence-electron chi connectivity index (χ3n) is 3.95. The van der Waals surface area contributed by atoms with Crippen molar-refractivity contribution < 1.29 is 49.7 Å². The summed E-state index contributed by atoms with van der Waals surface area (Å²) in [6.07, 6.45) is 12.4. The van der Waals surface area contributed by atoms with Crippen molar-refractivity contribution in [3.8, 4) is 23.7 Å². The SMILES string of the molecule is O=C([O-])CCC[C@H](O)C#C/C=C/C=C/[C@H](O)CC#CC1CCCCC1.[Na+]. The topological polar surface area (TPSA) is 80.6 Å². The van der Waals surface area contributed by atoms with E-state index < -0.39 is 18.2 Å². The van der Waals surface area contributed by atoms with Crippen molar-refractivity contribution in [2.75, 3.05) is 0 Å². The molecule has 1 saturated carbocycles. The van der Waals surface area contributed by atoms with Crippen molar-refractivity contribution in [2.45, 2.75) is 70.0 Å². The normalized spacial score (nSPS) is 16.8. The number of carbonyl (C=O) groups is 1. The van der Waals surface area contributed by atoms with E-state index in [9.17, 15) is 20.1 Å². The van der Waals surface area contributed by atoms with Gasteiger partial charge in [0.15, 0.2) is 0 Å². The molecule has 4 nitrogen and oxygen atoms in total. The van der Waals surface area contributed by atoms with Gasteiger partial charge in [0.05, 0.1) is 6.10 Å². The summed E-state index contributed by atoms with van der Waals surface area (Å²) in [6.45, 7) is 0. The molecule has 0 amide bonds. The number of allylic oxidation sites excluding steroid dienone is 3. The molecule has 0 bridgehead atoms. The zero-order chi connectivity index (χ0) is 18.3. The molecular weight excluding hydrogens is 339 g/mol. The summed E-state index contributed by atoms with van der Waals surface area (Å²) in [5.41, 5.74) is 0. The first-order valence-electron chi connectivity index (χ1n) is 8.96. The second-order valence-electron chi connectivity index (χ2n) is 6.24. The van der Waals surface area contributed by atoms with Crippen LogP contribution in [0.5, 0.6) is 0 Å². The van der Waals surface area contributed by atoms with Gasteiger partial charge in [-0.2, -0.15) is 0 Å². The number of aliphatic hydroxyl groups excluding tert-OH is 2. The average molecular weight is 366 g/mol. The summed E-state index contributed by atoms with van der Waals surface area (Å²) in [5, 5.41) is 29.6. The molecular formula is C21H27NaO4. The zero-order valence-electron chi connectivity index (χ0n) is 15.6. The minimum absolute atomic E-state index is 0. The number of hydrogen-bond acceptors (Lipinski definition) is 4. The molecule has 0 aromatic heterocycles. The van der Waals surface area contributed by atoms with Gasteiger partial charge in [-0.15, -0.1) is 0 Å². The van der Waals surface area contributed by atoms with Crippen LogP contribution in [-0.2, 0) is 4.79 Å². The maximum atomic E-state index is 10.2. The molecule has 2 atom stereocenters. The first-order chi connectivity index (χ1) is 12.1. The van der Waals surface area contributed by atoms with Crippen LogP contribution >= 0.6 is 0 Å². The summed E-state index contributed by atoms with van der Waals surface area (Å²) in [7, 11) is 0. The van der Waals surface area contributed by atoms with Crippen LogP contribution in [-0.4, -0.2) is 28.4 Å². The maximum Gasteiger partial charge on any atom is 1.00 e. The Labute approximate surface area is 179 Å². The summed E-state index contributed by atoms with van der Waals surface area (Å²) >= 11 is 0. The second-order valence-corrected chi connectivity index (χ2v) is 6.24. The van der Waals surface area contributed by atoms with Crippen LogP contribution in [0.3, 0.4) is 0 Å². The molecule has 5 heteroatoms. The van der Waals surface area contributed by atoms with Crippen LogP contribution in [0.25, 0.3) is 0 Å². The number of carboxylic acids is 1. The summed E-state index contributed by atoms with van der Waals surface area (Å²) in [5.74, 6) is 11.0. The van der Waals surface area contributed by atoms with Crippen LogP contribution in [0.1, 0.15) is 57.8 Å². The van der Waals surface area contributed by atoms with Gasteiger partial charge in [-0.3, -0.25) is 0 Å². The molecule has 0 radical (unpaired) electrons. The van der Waals surface area contributed by atoms with E-state index in [0.717, 1.165) is 0 Å². The molecule has 136 valence electrons. The predicted molar refractivity (Wildman–Crippen MR) is 95.9 cm³/mol. The first kappa shape index (κ1) is 25.0. The Morgan fingerprint density at radius 3 is 2.62 bits per heavy atom. The molecule has 0 aromatic carbocycles. The van der Waals surface area contributed by atoms with Crippen LogP contribution < -0.4 is 34.7 Å². The molecule has 26 heavy (non-hydrogen) atoms. The molecule has 1 rings (SSSR count). The van der Waals surface area contributed by atoms with E-state index in [1.165, 1.54) is 32.1 Å². The molecule has 0 unspecified atom stereocenters. The monoisotopic (exact) mass is 366 g/mol. The minimum Gasteiger partial charge on any atom is -0.550 e. The Bertz CT molecular complexity index is 568. The largest absolute Gasteiger partial charge is 1.00 e. The molecule has 0 aliphatic heterocycles. The second kappa shape index (κ2) is 16.2. The molecule has 2 N–H and O–H groups in total. The zero-order valence-corrected chi connectivity index (χ0v) is 17.6. The van der Waals surface area contributed by atoms with Crippen LogP contribution in [0.15, 0.2) is 24.3 Å². The standard InChI is InChI=1S/C21H28O4.Na/c22-19(15-8-12-18-10-4-3-5-11-18)13-6-1-2-7-14-20(23)16-9-17-21(24)25;/h1-2,6,13,18-20,22-23H,3-5,9-11,15-17H2,(H,24,25);/q;+1/p-1/b2-1+,13-6+;/t19-,20+;/m0./s1. The Balaban J connectivity index is 0.00000625. The van der Waals surface area contributed by atoms with Crippen molar-refractivity contribution in [3.05, 3.63) is 24.3 Å². The van der Waals surface area contributed by atoms with Crippen LogP contribution in [0.2, 0.25) is 0 Å². The van der Waals surface area contributed by atoms with E-state index in [0.29, 0.717) is 25.2 Å². The molecule has 1 aliphatic rings.